The molecule has 0 N–H and O–H groups in total. The van der Waals surface area contributed by atoms with Crippen LogP contribution in [0.3, 0.4) is 0 Å². The normalized spacial score (nSPS) is 2.40. The monoisotopic (exact) mass is 93.0 g/mol. The van der Waals surface area contributed by atoms with Crippen molar-refractivity contribution < 1.29 is 10.2 Å². The van der Waals surface area contributed by atoms with E-state index in [4.69, 9.17) is 10.2 Å². The molecular weight excluding hydrogens is 87.0 g/mol. The highest BCUT2D eigenvalue weighted by atomic mass is 31.0. The van der Waals surface area contributed by atoms with E-state index in [9.17, 15) is 0 Å². The third kappa shape index (κ3) is 430. The van der Waals surface area contributed by atoms with E-state index in [1.54, 1.807) is 0 Å². The van der Waals surface area contributed by atoms with Gasteiger partial charge in [-0.15, -0.1) is 0 Å². The predicted molar refractivity (Wildman–Crippen MR) is 18.8 cm³/mol. The molecule has 0 fully saturated rings. The van der Waals surface area contributed by atoms with E-state index in [1.807, 2.05) is 0 Å². The van der Waals surface area contributed by atoms with Crippen LogP contribution in [0.5, 0.6) is 0 Å². The lowest BCUT2D eigenvalue weighted by atomic mass is 11.8. The van der Waals surface area contributed by atoms with Crippen LogP contribution in [0.1, 0.15) is 0 Å². The lowest BCUT2D eigenvalue weighted by Crippen LogP contribution is -1.81. The van der Waals surface area contributed by atoms with Gasteiger partial charge in [-0.2, -0.15) is 14.2 Å². The minimum atomic E-state index is 0. The van der Waals surface area contributed by atoms with Crippen molar-refractivity contribution in [3.63, 3.8) is 0 Å². The number of hydrogen-bond acceptors (Lipinski definition) is 2. The van der Waals surface area contributed by atoms with Gasteiger partial charge < -0.3 is 10.2 Å². The lowest BCUT2D eigenvalue weighted by molar-refractivity contribution is -0.325. The summed E-state index contributed by atoms with van der Waals surface area (Å²) >= 11 is 0. The molecule has 0 aliphatic heterocycles. The average molecular weight is 93.0 g/mol. The second kappa shape index (κ2) is 904. The molecular formula is C2H6O2P. The molecule has 3 heteroatoms. The maximum absolute atomic E-state index is 8.25. The molecule has 0 spiro atoms. The number of rotatable bonds is 0. The van der Waals surface area contributed by atoms with Gasteiger partial charge in [-0.3, -0.25) is 0 Å². The van der Waals surface area contributed by atoms with Crippen LogP contribution in [-0.4, -0.2) is 14.2 Å². The maximum Gasteiger partial charge on any atom is 2.00 e. The van der Waals surface area contributed by atoms with Gasteiger partial charge in [0.1, 0.15) is 0 Å². The first-order valence-electron chi connectivity index (χ1n) is 0.816. The highest BCUT2D eigenvalue weighted by Crippen LogP contribution is 0.861. The van der Waals surface area contributed by atoms with E-state index >= 15 is 0 Å². The molecule has 0 aliphatic carbocycles. The van der Waals surface area contributed by atoms with Gasteiger partial charge in [0.2, 0.25) is 0 Å². The Hall–Kier alpha value is 0.220. The molecule has 0 rings (SSSR count). The van der Waals surface area contributed by atoms with E-state index in [2.05, 4.69) is 0 Å². The van der Waals surface area contributed by atoms with Crippen molar-refractivity contribution in [1.82, 2.24) is 0 Å². The fourth-order valence-corrected chi connectivity index (χ4v) is 0. The van der Waals surface area contributed by atoms with E-state index in [1.165, 1.54) is 0 Å². The second-order valence-corrected chi connectivity index (χ2v) is 0. The highest BCUT2D eigenvalue weighted by Gasteiger charge is 2.00. The van der Waals surface area contributed by atoms with E-state index in [0.29, 0.717) is 0 Å². The fraction of sp³-hybridized carbons (Fsp3) is 1.00. The molecule has 0 aromatic heterocycles. The van der Waals surface area contributed by atoms with Gasteiger partial charge in [0, 0.05) is 0 Å². The van der Waals surface area contributed by atoms with Crippen LogP contribution in [0.4, 0.5) is 0 Å². The summed E-state index contributed by atoms with van der Waals surface area (Å²) in [6, 6.07) is 0. The van der Waals surface area contributed by atoms with Crippen LogP contribution in [0.2, 0.25) is 0 Å². The SMILES string of the molecule is C[O-].C[O-].[P+2]. The minimum Gasteiger partial charge on any atom is -0.857 e. The van der Waals surface area contributed by atoms with Gasteiger partial charge in [-0.25, -0.2) is 0 Å². The van der Waals surface area contributed by atoms with E-state index in [-0.39, 0.29) is 9.90 Å². The predicted octanol–water partition coefficient (Wildman–Crippen LogP) is -1.19. The summed E-state index contributed by atoms with van der Waals surface area (Å²) in [6.45, 7) is 0. The maximum atomic E-state index is 8.25. The summed E-state index contributed by atoms with van der Waals surface area (Å²) in [5.74, 6) is 0. The summed E-state index contributed by atoms with van der Waals surface area (Å²) < 4.78 is 0. The van der Waals surface area contributed by atoms with Gasteiger partial charge >= 0.3 is 9.90 Å². The van der Waals surface area contributed by atoms with Crippen molar-refractivity contribution in [2.75, 3.05) is 14.2 Å². The molecule has 0 amide bonds. The Labute approximate surface area is 35.4 Å². The first kappa shape index (κ1) is 18.9. The highest BCUT2D eigenvalue weighted by molar-refractivity contribution is 6.92. The molecule has 0 saturated heterocycles. The molecule has 0 heterocycles. The molecule has 0 unspecified atom stereocenters. The molecule has 2 nitrogen and oxygen atoms in total. The Morgan fingerprint density at radius 3 is 0.800 bits per heavy atom. The summed E-state index contributed by atoms with van der Waals surface area (Å²) in [4.78, 5) is 0. The molecule has 0 aliphatic rings. The molecule has 0 aromatic carbocycles. The van der Waals surface area contributed by atoms with Gasteiger partial charge in [0.05, 0.1) is 0 Å². The fourth-order valence-electron chi connectivity index (χ4n) is 0. The average Bonchev–Trinajstić information content (AvgIpc) is 1.50. The minimum absolute atomic E-state index is 0. The van der Waals surface area contributed by atoms with Crippen LogP contribution >= 0.6 is 9.90 Å². The molecule has 0 atom stereocenters. The van der Waals surface area contributed by atoms with Crippen molar-refractivity contribution in [3.8, 4) is 0 Å². The van der Waals surface area contributed by atoms with Crippen molar-refractivity contribution in [2.24, 2.45) is 0 Å². The van der Waals surface area contributed by atoms with Crippen LogP contribution in [0, 0.1) is 0 Å². The number of hydrogen-bond donors (Lipinski definition) is 0. The Kier molecular flexibility index (Phi) is 3410. The van der Waals surface area contributed by atoms with Crippen LogP contribution in [0.25, 0.3) is 0 Å². The third-order valence-electron chi connectivity index (χ3n) is 0. The molecule has 31 valence electrons. The van der Waals surface area contributed by atoms with Crippen molar-refractivity contribution in [3.05, 3.63) is 0 Å². The molecule has 0 bridgehead atoms. The first-order chi connectivity index (χ1) is 2.00. The zero-order valence-corrected chi connectivity index (χ0v) is 4.16. The first-order valence-corrected chi connectivity index (χ1v) is 0.816. The molecule has 0 saturated carbocycles. The van der Waals surface area contributed by atoms with Crippen molar-refractivity contribution in [1.29, 1.82) is 0 Å². The summed E-state index contributed by atoms with van der Waals surface area (Å²) in [5, 5.41) is 16.5. The Balaban J connectivity index is -0.0000000133. The Bertz CT molecular complexity index is 7.61. The van der Waals surface area contributed by atoms with Crippen molar-refractivity contribution >= 4 is 9.90 Å². The Morgan fingerprint density at radius 2 is 0.800 bits per heavy atom. The lowest BCUT2D eigenvalue weighted by Gasteiger charge is -1.57. The van der Waals surface area contributed by atoms with Gasteiger partial charge in [0.15, 0.2) is 0 Å². The van der Waals surface area contributed by atoms with Gasteiger partial charge in [-0.05, 0) is 0 Å². The summed E-state index contributed by atoms with van der Waals surface area (Å²) in [5.41, 5.74) is 0. The topological polar surface area (TPSA) is 46.1 Å². The quantitative estimate of drug-likeness (QED) is 0.354. The van der Waals surface area contributed by atoms with Crippen LogP contribution < -0.4 is 10.2 Å². The largest absolute Gasteiger partial charge is 2.00 e. The van der Waals surface area contributed by atoms with Gasteiger partial charge in [-0.1, -0.05) is 0 Å². The zero-order chi connectivity index (χ0) is 4.00. The van der Waals surface area contributed by atoms with Crippen LogP contribution in [0.15, 0.2) is 0 Å². The van der Waals surface area contributed by atoms with Crippen LogP contribution in [-0.2, 0) is 0 Å². The molecule has 3 radical (unpaired) electrons. The van der Waals surface area contributed by atoms with E-state index in [0.717, 1.165) is 14.2 Å². The van der Waals surface area contributed by atoms with E-state index < -0.39 is 0 Å². The smallest absolute Gasteiger partial charge is 0.857 e. The third-order valence-corrected chi connectivity index (χ3v) is 0. The zero-order valence-electron chi connectivity index (χ0n) is 3.26. The van der Waals surface area contributed by atoms with Crippen molar-refractivity contribution in [2.45, 2.75) is 0 Å². The summed E-state index contributed by atoms with van der Waals surface area (Å²) in [7, 11) is 1.50. The second-order valence-electron chi connectivity index (χ2n) is 0. The Morgan fingerprint density at radius 1 is 0.800 bits per heavy atom. The summed E-state index contributed by atoms with van der Waals surface area (Å²) in [6.07, 6.45) is 0. The molecule has 5 heavy (non-hydrogen) atoms. The standard InChI is InChI=1S/2CH3O.P/c2*1-2;/h2*1H3;/q2*-1;+2. The molecule has 0 aromatic rings. The van der Waals surface area contributed by atoms with Gasteiger partial charge in [0.25, 0.3) is 0 Å².